The van der Waals surface area contributed by atoms with Gasteiger partial charge in [0.2, 0.25) is 0 Å². The van der Waals surface area contributed by atoms with Gasteiger partial charge in [-0.2, -0.15) is 0 Å². The van der Waals surface area contributed by atoms with E-state index in [9.17, 15) is 10.2 Å². The van der Waals surface area contributed by atoms with Crippen LogP contribution in [0, 0.1) is 11.8 Å². The second kappa shape index (κ2) is 12.7. The molecule has 0 bridgehead atoms. The van der Waals surface area contributed by atoms with E-state index in [0.29, 0.717) is 11.8 Å². The van der Waals surface area contributed by atoms with Crippen molar-refractivity contribution in [1.29, 1.82) is 0 Å². The van der Waals surface area contributed by atoms with Crippen molar-refractivity contribution in [3.63, 3.8) is 0 Å². The molecule has 2 aromatic rings. The SMILES string of the molecule is CC(C)(C)c1cc(/C=C/[C@@H]2CCCC[C@H]2/C=C/c2cc(C(C)(C)C)cc(C(C)(C)C)c2[O-])c([O-])c(C(C)(C)C)c1.[Co+2]. The van der Waals surface area contributed by atoms with Crippen molar-refractivity contribution in [2.24, 2.45) is 11.8 Å². The molecule has 3 rings (SSSR count). The van der Waals surface area contributed by atoms with Crippen molar-refractivity contribution in [2.45, 2.75) is 130 Å². The van der Waals surface area contributed by atoms with E-state index in [0.717, 1.165) is 35.1 Å². The van der Waals surface area contributed by atoms with E-state index in [4.69, 9.17) is 0 Å². The van der Waals surface area contributed by atoms with Gasteiger partial charge in [0.25, 0.3) is 0 Å². The van der Waals surface area contributed by atoms with Crippen LogP contribution in [-0.2, 0) is 38.4 Å². The van der Waals surface area contributed by atoms with Gasteiger partial charge in [-0.15, -0.1) is 0 Å². The zero-order valence-corrected chi connectivity index (χ0v) is 28.8. The fourth-order valence-corrected chi connectivity index (χ4v) is 5.65. The summed E-state index contributed by atoms with van der Waals surface area (Å²) in [5, 5.41) is 27.0. The van der Waals surface area contributed by atoms with Gasteiger partial charge in [0.15, 0.2) is 0 Å². The quantitative estimate of drug-likeness (QED) is 0.350. The van der Waals surface area contributed by atoms with Gasteiger partial charge in [0.1, 0.15) is 0 Å². The van der Waals surface area contributed by atoms with Crippen LogP contribution in [-0.4, -0.2) is 0 Å². The van der Waals surface area contributed by atoms with Crippen LogP contribution in [0.15, 0.2) is 36.4 Å². The molecular formula is C38H54CoO2. The zero-order valence-electron chi connectivity index (χ0n) is 27.8. The molecule has 2 aromatic carbocycles. The number of rotatable bonds is 4. The fraction of sp³-hybridized carbons (Fsp3) is 0.579. The van der Waals surface area contributed by atoms with Gasteiger partial charge in [-0.25, -0.2) is 0 Å². The first-order chi connectivity index (χ1) is 18.2. The normalized spacial score (nSPS) is 19.1. The van der Waals surface area contributed by atoms with Gasteiger partial charge in [-0.3, -0.25) is 0 Å². The maximum absolute atomic E-state index is 13.5. The fourth-order valence-electron chi connectivity index (χ4n) is 5.65. The van der Waals surface area contributed by atoms with E-state index in [1.165, 1.54) is 24.0 Å². The zero-order chi connectivity index (χ0) is 30.3. The topological polar surface area (TPSA) is 46.1 Å². The van der Waals surface area contributed by atoms with E-state index >= 15 is 0 Å². The van der Waals surface area contributed by atoms with Crippen molar-refractivity contribution in [3.05, 3.63) is 69.8 Å². The molecule has 0 N–H and O–H groups in total. The van der Waals surface area contributed by atoms with Gasteiger partial charge in [-0.1, -0.05) is 156 Å². The van der Waals surface area contributed by atoms with Crippen LogP contribution >= 0.6 is 0 Å². The molecule has 1 aliphatic rings. The molecule has 0 heterocycles. The van der Waals surface area contributed by atoms with E-state index in [1.807, 2.05) is 0 Å². The predicted octanol–water partition coefficient (Wildman–Crippen LogP) is 9.55. The summed E-state index contributed by atoms with van der Waals surface area (Å²) < 4.78 is 0. The largest absolute Gasteiger partial charge is 2.00 e. The Bertz CT molecular complexity index is 1150. The first-order valence-electron chi connectivity index (χ1n) is 15.3. The Balaban J connectivity index is 0.00000588. The summed E-state index contributed by atoms with van der Waals surface area (Å²) in [6, 6.07) is 8.42. The van der Waals surface area contributed by atoms with E-state index in [2.05, 4.69) is 132 Å². The number of hydrogen-bond acceptors (Lipinski definition) is 2. The molecule has 3 heteroatoms. The predicted molar refractivity (Wildman–Crippen MR) is 170 cm³/mol. The van der Waals surface area contributed by atoms with Crippen LogP contribution in [0.2, 0.25) is 0 Å². The second-order valence-electron chi connectivity index (χ2n) is 16.2. The Labute approximate surface area is 262 Å². The van der Waals surface area contributed by atoms with Gasteiger partial charge < -0.3 is 10.2 Å². The van der Waals surface area contributed by atoms with E-state index in [1.54, 1.807) is 0 Å². The molecule has 0 spiro atoms. The number of benzene rings is 2. The molecule has 1 saturated carbocycles. The molecule has 2 atom stereocenters. The minimum absolute atomic E-state index is 0. The molecular weight excluding hydrogens is 547 g/mol. The van der Waals surface area contributed by atoms with Crippen molar-refractivity contribution in [2.75, 3.05) is 0 Å². The van der Waals surface area contributed by atoms with Crippen LogP contribution < -0.4 is 10.2 Å². The number of allylic oxidation sites excluding steroid dienone is 2. The maximum Gasteiger partial charge on any atom is 2.00 e. The number of hydrogen-bond donors (Lipinski definition) is 0. The standard InChI is InChI=1S/C38H56O2.Co/c1-35(2,3)29-21-27(33(39)31(23-29)37(7,8)9)19-17-25-15-13-14-16-26(25)18-20-28-22-30(36(4,5)6)24-32(34(28)40)38(10,11)12;/h17-26,39-40H,13-16H2,1-12H3;/q;+2/p-2/b19-17+,20-18+;/t25-,26-;/m0./s1. The Morgan fingerprint density at radius 3 is 1.12 bits per heavy atom. The first kappa shape index (κ1) is 35.2. The Morgan fingerprint density at radius 1 is 0.537 bits per heavy atom. The first-order valence-corrected chi connectivity index (χ1v) is 15.3. The summed E-state index contributed by atoms with van der Waals surface area (Å²) in [7, 11) is 0. The third-order valence-electron chi connectivity index (χ3n) is 8.50. The Kier molecular flexibility index (Phi) is 10.9. The van der Waals surface area contributed by atoms with Crippen molar-refractivity contribution >= 4 is 12.2 Å². The van der Waals surface area contributed by atoms with Crippen LogP contribution in [0.25, 0.3) is 12.2 Å². The molecule has 0 unspecified atom stereocenters. The summed E-state index contributed by atoms with van der Waals surface area (Å²) in [4.78, 5) is 0. The van der Waals surface area contributed by atoms with Gasteiger partial charge in [0, 0.05) is 0 Å². The Morgan fingerprint density at radius 2 is 0.854 bits per heavy atom. The molecule has 0 aromatic heterocycles. The van der Waals surface area contributed by atoms with Crippen LogP contribution in [0.3, 0.4) is 0 Å². The summed E-state index contributed by atoms with van der Waals surface area (Å²) >= 11 is 0. The smallest absolute Gasteiger partial charge is 0.872 e. The molecule has 1 fully saturated rings. The third kappa shape index (κ3) is 8.77. The minimum atomic E-state index is -0.208. The monoisotopic (exact) mass is 601 g/mol. The maximum atomic E-state index is 13.5. The van der Waals surface area contributed by atoms with Gasteiger partial charge in [-0.05, 0) is 79.7 Å². The average molecular weight is 602 g/mol. The van der Waals surface area contributed by atoms with Crippen molar-refractivity contribution in [1.82, 2.24) is 0 Å². The van der Waals surface area contributed by atoms with Crippen molar-refractivity contribution in [3.8, 4) is 11.5 Å². The molecule has 2 nitrogen and oxygen atoms in total. The van der Waals surface area contributed by atoms with E-state index < -0.39 is 0 Å². The molecule has 227 valence electrons. The van der Waals surface area contributed by atoms with Crippen LogP contribution in [0.4, 0.5) is 0 Å². The third-order valence-corrected chi connectivity index (χ3v) is 8.50. The molecule has 0 amide bonds. The van der Waals surface area contributed by atoms with Gasteiger partial charge >= 0.3 is 16.8 Å². The summed E-state index contributed by atoms with van der Waals surface area (Å²) in [6.07, 6.45) is 13.3. The minimum Gasteiger partial charge on any atom is -0.872 e. The summed E-state index contributed by atoms with van der Waals surface area (Å²) in [5.41, 5.74) is 5.28. The van der Waals surface area contributed by atoms with Crippen LogP contribution in [0.1, 0.15) is 142 Å². The second-order valence-corrected chi connectivity index (χ2v) is 16.2. The van der Waals surface area contributed by atoms with Crippen LogP contribution in [0.5, 0.6) is 11.5 Å². The molecule has 1 radical (unpaired) electrons. The van der Waals surface area contributed by atoms with E-state index in [-0.39, 0.29) is 49.9 Å². The molecule has 41 heavy (non-hydrogen) atoms. The molecule has 0 aliphatic heterocycles. The molecule has 0 saturated heterocycles. The summed E-state index contributed by atoms with van der Waals surface area (Å²) in [5.74, 6) is 0.987. The van der Waals surface area contributed by atoms with Crippen molar-refractivity contribution < 1.29 is 27.0 Å². The van der Waals surface area contributed by atoms with Gasteiger partial charge in [0.05, 0.1) is 0 Å². The Hall–Kier alpha value is -1.97. The summed E-state index contributed by atoms with van der Waals surface area (Å²) in [6.45, 7) is 26.0. The molecule has 1 aliphatic carbocycles. The average Bonchev–Trinajstić information content (AvgIpc) is 2.80.